The first-order valence-electron chi connectivity index (χ1n) is 6.11. The van der Waals surface area contributed by atoms with Crippen molar-refractivity contribution < 1.29 is 13.6 Å². The van der Waals surface area contributed by atoms with Gasteiger partial charge in [0.25, 0.3) is 5.92 Å². The number of carbonyl (C=O) groups is 1. The molecule has 1 aromatic carbocycles. The lowest BCUT2D eigenvalue weighted by Crippen LogP contribution is -2.45. The van der Waals surface area contributed by atoms with Crippen molar-refractivity contribution in [2.24, 2.45) is 0 Å². The molecule has 104 valence electrons. The predicted octanol–water partition coefficient (Wildman–Crippen LogP) is 3.12. The number of anilines is 1. The molecular weight excluding hydrogens is 318 g/mol. The van der Waals surface area contributed by atoms with Crippen LogP contribution in [0.5, 0.6) is 0 Å². The van der Waals surface area contributed by atoms with E-state index in [9.17, 15) is 13.6 Å². The number of carbonyl (C=O) groups excluding carboxylic acids is 1. The minimum absolute atomic E-state index is 0.00305. The summed E-state index contributed by atoms with van der Waals surface area (Å²) in [6, 6.07) is 7.21. The van der Waals surface area contributed by atoms with Crippen molar-refractivity contribution in [2.45, 2.75) is 18.8 Å². The molecule has 19 heavy (non-hydrogen) atoms. The molecule has 1 aliphatic heterocycles. The van der Waals surface area contributed by atoms with Crippen LogP contribution in [0.4, 0.5) is 14.5 Å². The molecule has 1 fully saturated rings. The molecule has 0 saturated carbocycles. The van der Waals surface area contributed by atoms with Crippen LogP contribution < -0.4 is 5.32 Å². The van der Waals surface area contributed by atoms with Gasteiger partial charge in [0, 0.05) is 10.9 Å². The highest BCUT2D eigenvalue weighted by molar-refractivity contribution is 9.10. The second-order valence-corrected chi connectivity index (χ2v) is 5.55. The van der Waals surface area contributed by atoms with E-state index in [-0.39, 0.29) is 25.4 Å². The minimum Gasteiger partial charge on any atom is -0.324 e. The van der Waals surface area contributed by atoms with E-state index in [2.05, 4.69) is 21.2 Å². The topological polar surface area (TPSA) is 32.3 Å². The molecule has 2 rings (SSSR count). The molecule has 0 atom stereocenters. The van der Waals surface area contributed by atoms with Gasteiger partial charge in [0.05, 0.1) is 18.8 Å². The zero-order valence-corrected chi connectivity index (χ0v) is 11.9. The predicted molar refractivity (Wildman–Crippen MR) is 73.4 cm³/mol. The van der Waals surface area contributed by atoms with Crippen molar-refractivity contribution in [3.63, 3.8) is 0 Å². The van der Waals surface area contributed by atoms with Crippen LogP contribution in [0.3, 0.4) is 0 Å². The molecule has 0 radical (unpaired) electrons. The molecule has 1 aliphatic rings. The Hall–Kier alpha value is -1.01. The Balaban J connectivity index is 1.90. The van der Waals surface area contributed by atoms with Crippen LogP contribution in [0.15, 0.2) is 28.7 Å². The van der Waals surface area contributed by atoms with Gasteiger partial charge in [-0.05, 0) is 41.0 Å². The fourth-order valence-electron chi connectivity index (χ4n) is 2.14. The van der Waals surface area contributed by atoms with E-state index >= 15 is 0 Å². The Kier molecular flexibility index (Phi) is 4.52. The number of nitrogens with zero attached hydrogens (tertiary/aromatic N) is 1. The molecule has 0 bridgehead atoms. The zero-order chi connectivity index (χ0) is 13.9. The van der Waals surface area contributed by atoms with Gasteiger partial charge in [-0.2, -0.15) is 0 Å². The average molecular weight is 333 g/mol. The van der Waals surface area contributed by atoms with Gasteiger partial charge in [-0.15, -0.1) is 0 Å². The lowest BCUT2D eigenvalue weighted by molar-refractivity contribution is -0.120. The van der Waals surface area contributed by atoms with Crippen molar-refractivity contribution in [1.29, 1.82) is 0 Å². The maximum Gasteiger partial charge on any atom is 0.260 e. The van der Waals surface area contributed by atoms with Gasteiger partial charge >= 0.3 is 0 Å². The van der Waals surface area contributed by atoms with Crippen molar-refractivity contribution in [2.75, 3.05) is 25.0 Å². The quantitative estimate of drug-likeness (QED) is 0.922. The zero-order valence-electron chi connectivity index (χ0n) is 10.3. The summed E-state index contributed by atoms with van der Waals surface area (Å²) in [5, 5.41) is 2.71. The summed E-state index contributed by atoms with van der Waals surface area (Å²) in [6.07, 6.45) is 0.338. The number of nitrogens with one attached hydrogen (secondary N) is 1. The second-order valence-electron chi connectivity index (χ2n) is 4.70. The Bertz CT molecular complexity index is 468. The largest absolute Gasteiger partial charge is 0.324 e. The number of alkyl halides is 2. The number of rotatable bonds is 3. The summed E-state index contributed by atoms with van der Waals surface area (Å²) in [5.74, 6) is -2.95. The van der Waals surface area contributed by atoms with Crippen LogP contribution in [-0.4, -0.2) is 36.4 Å². The highest BCUT2D eigenvalue weighted by atomic mass is 79.9. The van der Waals surface area contributed by atoms with E-state index in [0.717, 1.165) is 4.47 Å². The second kappa shape index (κ2) is 5.96. The fourth-order valence-corrected chi connectivity index (χ4v) is 2.52. The van der Waals surface area contributed by atoms with Crippen LogP contribution in [0, 0.1) is 0 Å². The van der Waals surface area contributed by atoms with Crippen LogP contribution >= 0.6 is 15.9 Å². The molecule has 0 aliphatic carbocycles. The van der Waals surface area contributed by atoms with E-state index in [1.807, 2.05) is 12.1 Å². The SMILES string of the molecule is O=C(CN1CCCC(F)(F)C1)Nc1ccccc1Br. The first kappa shape index (κ1) is 14.4. The molecule has 0 unspecified atom stereocenters. The number of hydrogen-bond acceptors (Lipinski definition) is 2. The molecule has 6 heteroatoms. The van der Waals surface area contributed by atoms with E-state index in [1.165, 1.54) is 4.90 Å². The van der Waals surface area contributed by atoms with Gasteiger partial charge in [0.1, 0.15) is 0 Å². The van der Waals surface area contributed by atoms with Crippen LogP contribution in [0.25, 0.3) is 0 Å². The molecule has 0 aromatic heterocycles. The van der Waals surface area contributed by atoms with Gasteiger partial charge in [-0.25, -0.2) is 8.78 Å². The molecule has 1 aromatic rings. The lowest BCUT2D eigenvalue weighted by Gasteiger charge is -2.31. The number of hydrogen-bond donors (Lipinski definition) is 1. The van der Waals surface area contributed by atoms with Crippen molar-refractivity contribution in [1.82, 2.24) is 4.90 Å². The van der Waals surface area contributed by atoms with Crippen LogP contribution in [0.1, 0.15) is 12.8 Å². The third-order valence-corrected chi connectivity index (χ3v) is 3.68. The normalized spacial score (nSPS) is 19.1. The summed E-state index contributed by atoms with van der Waals surface area (Å²) in [5.41, 5.74) is 0.649. The third-order valence-electron chi connectivity index (χ3n) is 2.99. The minimum atomic E-state index is -2.67. The number of piperidine rings is 1. The van der Waals surface area contributed by atoms with Crippen molar-refractivity contribution in [3.8, 4) is 0 Å². The van der Waals surface area contributed by atoms with Gasteiger partial charge in [0.15, 0.2) is 0 Å². The summed E-state index contributed by atoms with van der Waals surface area (Å²) in [7, 11) is 0. The van der Waals surface area contributed by atoms with Gasteiger partial charge in [0.2, 0.25) is 5.91 Å². The molecule has 1 amide bonds. The van der Waals surface area contributed by atoms with Crippen molar-refractivity contribution in [3.05, 3.63) is 28.7 Å². The number of benzene rings is 1. The summed E-state index contributed by atoms with van der Waals surface area (Å²) >= 11 is 3.32. The Morgan fingerprint density at radius 3 is 2.84 bits per heavy atom. The van der Waals surface area contributed by atoms with E-state index in [1.54, 1.807) is 12.1 Å². The van der Waals surface area contributed by atoms with E-state index < -0.39 is 5.92 Å². The highest BCUT2D eigenvalue weighted by Crippen LogP contribution is 2.26. The van der Waals surface area contributed by atoms with E-state index in [4.69, 9.17) is 0 Å². The molecule has 0 spiro atoms. The first-order valence-corrected chi connectivity index (χ1v) is 6.90. The average Bonchev–Trinajstić information content (AvgIpc) is 2.30. The number of amides is 1. The molecule has 3 nitrogen and oxygen atoms in total. The van der Waals surface area contributed by atoms with E-state index in [0.29, 0.717) is 18.7 Å². The number of para-hydroxylation sites is 1. The number of likely N-dealkylation sites (tertiary alicyclic amines) is 1. The maximum absolute atomic E-state index is 13.2. The maximum atomic E-state index is 13.2. The van der Waals surface area contributed by atoms with Gasteiger partial charge in [-0.1, -0.05) is 12.1 Å². The molecular formula is C13H15BrF2N2O. The molecule has 1 heterocycles. The van der Waals surface area contributed by atoms with Gasteiger partial charge < -0.3 is 5.32 Å². The monoisotopic (exact) mass is 332 g/mol. The molecule has 1 saturated heterocycles. The smallest absolute Gasteiger partial charge is 0.260 e. The third kappa shape index (κ3) is 4.24. The number of halogens is 3. The fraction of sp³-hybridized carbons (Fsp3) is 0.462. The van der Waals surface area contributed by atoms with Crippen LogP contribution in [-0.2, 0) is 4.79 Å². The Morgan fingerprint density at radius 1 is 1.42 bits per heavy atom. The Labute approximate surface area is 119 Å². The van der Waals surface area contributed by atoms with Gasteiger partial charge in [-0.3, -0.25) is 9.69 Å². The Morgan fingerprint density at radius 2 is 2.16 bits per heavy atom. The first-order chi connectivity index (χ1) is 8.96. The molecule has 1 N–H and O–H groups in total. The lowest BCUT2D eigenvalue weighted by atomic mass is 10.1. The standard InChI is InChI=1S/C13H15BrF2N2O/c14-10-4-1-2-5-11(10)17-12(19)8-18-7-3-6-13(15,16)9-18/h1-2,4-5H,3,6-9H2,(H,17,19). The van der Waals surface area contributed by atoms with Crippen LogP contribution in [0.2, 0.25) is 0 Å². The summed E-state index contributed by atoms with van der Waals surface area (Å²) in [6.45, 7) is 0.201. The summed E-state index contributed by atoms with van der Waals surface area (Å²) < 4.78 is 27.2. The summed E-state index contributed by atoms with van der Waals surface area (Å²) in [4.78, 5) is 13.3. The van der Waals surface area contributed by atoms with Crippen molar-refractivity contribution >= 4 is 27.5 Å². The highest BCUT2D eigenvalue weighted by Gasteiger charge is 2.35.